The molecule has 1 atom stereocenters. The number of hydrogen-bond acceptors (Lipinski definition) is 6. The molecular weight excluding hydrogens is 312 g/mol. The van der Waals surface area contributed by atoms with Crippen LogP contribution in [0.1, 0.15) is 24.7 Å². The highest BCUT2D eigenvalue weighted by Crippen LogP contribution is 2.17. The highest BCUT2D eigenvalue weighted by atomic mass is 16.5. The molecule has 0 aliphatic carbocycles. The molecular formula is C17H20N2O5. The number of carbonyl (C=O) groups excluding carboxylic acids is 2. The smallest absolute Gasteiger partial charge is 0.309 e. The highest BCUT2D eigenvalue weighted by molar-refractivity contribution is 5.93. The Hall–Kier alpha value is -2.83. The summed E-state index contributed by atoms with van der Waals surface area (Å²) in [6.07, 6.45) is 0.0282. The lowest BCUT2D eigenvalue weighted by molar-refractivity contribution is -0.139. The molecule has 0 aliphatic rings. The zero-order chi connectivity index (χ0) is 17.5. The number of rotatable bonds is 7. The molecule has 1 amide bonds. The predicted molar refractivity (Wildman–Crippen MR) is 86.7 cm³/mol. The first-order valence-electron chi connectivity index (χ1n) is 7.58. The van der Waals surface area contributed by atoms with Crippen LogP contribution >= 0.6 is 0 Å². The van der Waals surface area contributed by atoms with E-state index >= 15 is 0 Å². The topological polar surface area (TPSA) is 90.7 Å². The van der Waals surface area contributed by atoms with E-state index in [1.807, 2.05) is 6.92 Å². The molecule has 128 valence electrons. The first-order chi connectivity index (χ1) is 11.5. The standard InChI is InChI=1S/C17H20N2O5/c1-4-14(17(21)18-15-9-11(2)24-19-15)23-13-7-5-12(6-8-13)10-16(20)22-3/h5-9,14H,4,10H2,1-3H3,(H,18,19,21). The van der Waals surface area contributed by atoms with E-state index in [4.69, 9.17) is 9.26 Å². The fraction of sp³-hybridized carbons (Fsp3) is 0.353. The van der Waals surface area contributed by atoms with Gasteiger partial charge in [0.1, 0.15) is 11.5 Å². The Kier molecular flexibility index (Phi) is 5.95. The van der Waals surface area contributed by atoms with E-state index in [0.717, 1.165) is 5.56 Å². The van der Waals surface area contributed by atoms with Crippen LogP contribution in [-0.2, 0) is 20.7 Å². The van der Waals surface area contributed by atoms with Crippen molar-refractivity contribution < 1.29 is 23.6 Å². The van der Waals surface area contributed by atoms with Crippen molar-refractivity contribution in [3.63, 3.8) is 0 Å². The van der Waals surface area contributed by atoms with Gasteiger partial charge in [0.25, 0.3) is 5.91 Å². The average molecular weight is 332 g/mol. The summed E-state index contributed by atoms with van der Waals surface area (Å²) in [4.78, 5) is 23.5. The van der Waals surface area contributed by atoms with Gasteiger partial charge >= 0.3 is 5.97 Å². The molecule has 0 spiro atoms. The van der Waals surface area contributed by atoms with Crippen molar-refractivity contribution in [1.82, 2.24) is 5.16 Å². The van der Waals surface area contributed by atoms with Gasteiger partial charge in [-0.3, -0.25) is 9.59 Å². The molecule has 1 unspecified atom stereocenters. The Bertz CT molecular complexity index is 693. The van der Waals surface area contributed by atoms with Gasteiger partial charge in [-0.2, -0.15) is 0 Å². The zero-order valence-corrected chi connectivity index (χ0v) is 13.9. The molecule has 2 rings (SSSR count). The largest absolute Gasteiger partial charge is 0.481 e. The van der Waals surface area contributed by atoms with Crippen LogP contribution in [0.5, 0.6) is 5.75 Å². The van der Waals surface area contributed by atoms with Gasteiger partial charge in [-0.15, -0.1) is 0 Å². The first-order valence-corrected chi connectivity index (χ1v) is 7.58. The molecule has 7 heteroatoms. The molecule has 0 saturated heterocycles. The summed E-state index contributed by atoms with van der Waals surface area (Å²) in [6, 6.07) is 8.59. The Morgan fingerprint density at radius 3 is 2.54 bits per heavy atom. The monoisotopic (exact) mass is 332 g/mol. The molecule has 0 radical (unpaired) electrons. The maximum atomic E-state index is 12.2. The number of amides is 1. The first kappa shape index (κ1) is 17.5. The van der Waals surface area contributed by atoms with Crippen LogP contribution in [0.2, 0.25) is 0 Å². The number of aromatic nitrogens is 1. The van der Waals surface area contributed by atoms with E-state index in [0.29, 0.717) is 23.7 Å². The molecule has 1 aromatic carbocycles. The van der Waals surface area contributed by atoms with Crippen LogP contribution in [0.3, 0.4) is 0 Å². The fourth-order valence-corrected chi connectivity index (χ4v) is 2.04. The van der Waals surface area contributed by atoms with Crippen LogP contribution < -0.4 is 10.1 Å². The van der Waals surface area contributed by atoms with Crippen molar-refractivity contribution in [3.8, 4) is 5.75 Å². The molecule has 1 N–H and O–H groups in total. The lowest BCUT2D eigenvalue weighted by Crippen LogP contribution is -2.32. The van der Waals surface area contributed by atoms with Gasteiger partial charge in [-0.05, 0) is 31.0 Å². The summed E-state index contributed by atoms with van der Waals surface area (Å²) in [7, 11) is 1.35. The summed E-state index contributed by atoms with van der Waals surface area (Å²) >= 11 is 0. The Labute approximate surface area is 139 Å². The van der Waals surface area contributed by atoms with Crippen molar-refractivity contribution in [3.05, 3.63) is 41.7 Å². The Morgan fingerprint density at radius 1 is 1.29 bits per heavy atom. The molecule has 1 heterocycles. The molecule has 0 saturated carbocycles. The van der Waals surface area contributed by atoms with Gasteiger partial charge in [0.15, 0.2) is 11.9 Å². The number of ether oxygens (including phenoxy) is 2. The van der Waals surface area contributed by atoms with Crippen LogP contribution in [0, 0.1) is 6.92 Å². The number of aryl methyl sites for hydroxylation is 1. The maximum Gasteiger partial charge on any atom is 0.309 e. The van der Waals surface area contributed by atoms with E-state index in [2.05, 4.69) is 15.2 Å². The van der Waals surface area contributed by atoms with Crippen molar-refractivity contribution in [2.75, 3.05) is 12.4 Å². The summed E-state index contributed by atoms with van der Waals surface area (Å²) in [5.74, 6) is 0.900. The van der Waals surface area contributed by atoms with Crippen LogP contribution in [-0.4, -0.2) is 30.2 Å². The number of nitrogens with one attached hydrogen (secondary N) is 1. The van der Waals surface area contributed by atoms with E-state index in [1.54, 1.807) is 37.3 Å². The van der Waals surface area contributed by atoms with Gasteiger partial charge in [0, 0.05) is 6.07 Å². The number of methoxy groups -OCH3 is 1. The quantitative estimate of drug-likeness (QED) is 0.783. The number of carbonyl (C=O) groups is 2. The van der Waals surface area contributed by atoms with E-state index in [1.165, 1.54) is 7.11 Å². The Morgan fingerprint density at radius 2 is 2.00 bits per heavy atom. The normalized spacial score (nSPS) is 11.6. The summed E-state index contributed by atoms with van der Waals surface area (Å²) in [5, 5.41) is 6.37. The second kappa shape index (κ2) is 8.14. The maximum absolute atomic E-state index is 12.2. The minimum atomic E-state index is -0.659. The van der Waals surface area contributed by atoms with Crippen molar-refractivity contribution in [2.45, 2.75) is 32.8 Å². The third kappa shape index (κ3) is 4.84. The second-order valence-corrected chi connectivity index (χ2v) is 5.22. The summed E-state index contributed by atoms with van der Waals surface area (Å²) in [5.41, 5.74) is 0.810. The SMILES string of the molecule is CCC(Oc1ccc(CC(=O)OC)cc1)C(=O)Nc1cc(C)on1. The third-order valence-corrected chi connectivity index (χ3v) is 3.32. The van der Waals surface area contributed by atoms with Crippen LogP contribution in [0.15, 0.2) is 34.9 Å². The van der Waals surface area contributed by atoms with Gasteiger partial charge in [0.2, 0.25) is 0 Å². The molecule has 0 fully saturated rings. The predicted octanol–water partition coefficient (Wildman–Crippen LogP) is 2.49. The summed E-state index contributed by atoms with van der Waals surface area (Å²) in [6.45, 7) is 3.59. The molecule has 24 heavy (non-hydrogen) atoms. The minimum Gasteiger partial charge on any atom is -0.481 e. The molecule has 7 nitrogen and oxygen atoms in total. The summed E-state index contributed by atoms with van der Waals surface area (Å²) < 4.78 is 15.2. The zero-order valence-electron chi connectivity index (χ0n) is 13.9. The van der Waals surface area contributed by atoms with Crippen molar-refractivity contribution >= 4 is 17.7 Å². The van der Waals surface area contributed by atoms with Gasteiger partial charge < -0.3 is 19.3 Å². The molecule has 0 bridgehead atoms. The van der Waals surface area contributed by atoms with Gasteiger partial charge in [-0.25, -0.2) is 0 Å². The second-order valence-electron chi connectivity index (χ2n) is 5.22. The number of hydrogen-bond donors (Lipinski definition) is 1. The van der Waals surface area contributed by atoms with Crippen molar-refractivity contribution in [2.24, 2.45) is 0 Å². The third-order valence-electron chi connectivity index (χ3n) is 3.32. The lowest BCUT2D eigenvalue weighted by Gasteiger charge is -2.16. The number of nitrogens with zero attached hydrogens (tertiary/aromatic N) is 1. The molecule has 0 aliphatic heterocycles. The molecule has 1 aromatic heterocycles. The minimum absolute atomic E-state index is 0.194. The number of esters is 1. The van der Waals surface area contributed by atoms with Crippen LogP contribution in [0.4, 0.5) is 5.82 Å². The van der Waals surface area contributed by atoms with Gasteiger partial charge in [-0.1, -0.05) is 24.2 Å². The number of anilines is 1. The highest BCUT2D eigenvalue weighted by Gasteiger charge is 2.19. The lowest BCUT2D eigenvalue weighted by atomic mass is 10.1. The van der Waals surface area contributed by atoms with E-state index in [-0.39, 0.29) is 18.3 Å². The van der Waals surface area contributed by atoms with Gasteiger partial charge in [0.05, 0.1) is 13.5 Å². The van der Waals surface area contributed by atoms with Crippen molar-refractivity contribution in [1.29, 1.82) is 0 Å². The number of benzene rings is 1. The fourth-order valence-electron chi connectivity index (χ4n) is 2.04. The average Bonchev–Trinajstić information content (AvgIpc) is 2.98. The van der Waals surface area contributed by atoms with E-state index < -0.39 is 6.10 Å². The van der Waals surface area contributed by atoms with Crippen LogP contribution in [0.25, 0.3) is 0 Å². The molecule has 2 aromatic rings. The Balaban J connectivity index is 1.96. The van der Waals surface area contributed by atoms with E-state index in [9.17, 15) is 9.59 Å².